The van der Waals surface area contributed by atoms with Crippen LogP contribution in [-0.2, 0) is 6.54 Å². The van der Waals surface area contributed by atoms with E-state index in [-0.39, 0.29) is 0 Å². The van der Waals surface area contributed by atoms with Crippen LogP contribution < -0.4 is 19.1 Å². The molecule has 146 valence electrons. The van der Waals surface area contributed by atoms with Gasteiger partial charge in [0.05, 0.1) is 21.3 Å². The van der Waals surface area contributed by atoms with E-state index >= 15 is 0 Å². The third-order valence-corrected chi connectivity index (χ3v) is 5.43. The molecule has 6 heteroatoms. The molecule has 1 saturated heterocycles. The fourth-order valence-corrected chi connectivity index (χ4v) is 3.59. The summed E-state index contributed by atoms with van der Waals surface area (Å²) in [5.74, 6) is 2.02. The van der Waals surface area contributed by atoms with Gasteiger partial charge in [0, 0.05) is 43.4 Å². The van der Waals surface area contributed by atoms with Crippen molar-refractivity contribution in [3.05, 3.63) is 46.5 Å². The van der Waals surface area contributed by atoms with Crippen molar-refractivity contribution in [1.29, 1.82) is 0 Å². The fourth-order valence-electron chi connectivity index (χ4n) is 3.47. The lowest BCUT2D eigenvalue weighted by Crippen LogP contribution is -2.46. The van der Waals surface area contributed by atoms with Gasteiger partial charge in [0.2, 0.25) is 5.75 Å². The average Bonchev–Trinajstić information content (AvgIpc) is 2.69. The SMILES string of the molecule is COc1cc(CN2CCN(c3ccc(Cl)c(C)c3)CC2)cc(OC)c1OC. The quantitative estimate of drug-likeness (QED) is 0.744. The van der Waals surface area contributed by atoms with Gasteiger partial charge in [-0.2, -0.15) is 0 Å². The Balaban J connectivity index is 1.66. The summed E-state index contributed by atoms with van der Waals surface area (Å²) in [6, 6.07) is 10.3. The number of halogens is 1. The van der Waals surface area contributed by atoms with Crippen LogP contribution >= 0.6 is 11.6 Å². The molecule has 0 saturated carbocycles. The van der Waals surface area contributed by atoms with Crippen LogP contribution in [0.15, 0.2) is 30.3 Å². The Bertz CT molecular complexity index is 764. The second kappa shape index (κ2) is 8.72. The summed E-state index contributed by atoms with van der Waals surface area (Å²) in [6.07, 6.45) is 0. The maximum Gasteiger partial charge on any atom is 0.203 e. The first kappa shape index (κ1) is 19.6. The lowest BCUT2D eigenvalue weighted by atomic mass is 10.1. The van der Waals surface area contributed by atoms with Gasteiger partial charge in [-0.05, 0) is 48.4 Å². The number of hydrogen-bond donors (Lipinski definition) is 0. The van der Waals surface area contributed by atoms with E-state index in [1.54, 1.807) is 21.3 Å². The second-order valence-corrected chi connectivity index (χ2v) is 7.14. The highest BCUT2D eigenvalue weighted by Gasteiger charge is 2.20. The predicted octanol–water partition coefficient (Wildman–Crippen LogP) is 4.00. The molecule has 1 aliphatic rings. The smallest absolute Gasteiger partial charge is 0.203 e. The zero-order valence-electron chi connectivity index (χ0n) is 16.4. The van der Waals surface area contributed by atoms with Crippen molar-refractivity contribution in [1.82, 2.24) is 4.90 Å². The molecular formula is C21H27ClN2O3. The predicted molar refractivity (Wildman–Crippen MR) is 110 cm³/mol. The van der Waals surface area contributed by atoms with Gasteiger partial charge in [-0.25, -0.2) is 0 Å². The lowest BCUT2D eigenvalue weighted by Gasteiger charge is -2.36. The summed E-state index contributed by atoms with van der Waals surface area (Å²) >= 11 is 6.15. The number of aryl methyl sites for hydroxylation is 1. The van der Waals surface area contributed by atoms with Gasteiger partial charge in [0.1, 0.15) is 0 Å². The molecule has 0 bridgehead atoms. The van der Waals surface area contributed by atoms with E-state index in [0.29, 0.717) is 17.2 Å². The Morgan fingerprint density at radius 2 is 1.52 bits per heavy atom. The number of nitrogens with zero attached hydrogens (tertiary/aromatic N) is 2. The minimum Gasteiger partial charge on any atom is -0.493 e. The molecule has 0 spiro atoms. The number of piperazine rings is 1. The van der Waals surface area contributed by atoms with Crippen molar-refractivity contribution < 1.29 is 14.2 Å². The second-order valence-electron chi connectivity index (χ2n) is 6.73. The molecule has 5 nitrogen and oxygen atoms in total. The van der Waals surface area contributed by atoms with E-state index in [1.807, 2.05) is 25.1 Å². The van der Waals surface area contributed by atoms with E-state index in [2.05, 4.69) is 21.9 Å². The molecular weight excluding hydrogens is 364 g/mol. The van der Waals surface area contributed by atoms with Crippen LogP contribution in [0.5, 0.6) is 17.2 Å². The van der Waals surface area contributed by atoms with Gasteiger partial charge >= 0.3 is 0 Å². The van der Waals surface area contributed by atoms with Gasteiger partial charge < -0.3 is 19.1 Å². The Labute approximate surface area is 166 Å². The Morgan fingerprint density at radius 3 is 2.04 bits per heavy atom. The highest BCUT2D eigenvalue weighted by atomic mass is 35.5. The molecule has 2 aromatic carbocycles. The Morgan fingerprint density at radius 1 is 0.889 bits per heavy atom. The molecule has 1 heterocycles. The highest BCUT2D eigenvalue weighted by Crippen LogP contribution is 2.38. The first-order chi connectivity index (χ1) is 13.0. The first-order valence-electron chi connectivity index (χ1n) is 9.08. The topological polar surface area (TPSA) is 34.2 Å². The van der Waals surface area contributed by atoms with Crippen LogP contribution in [0.2, 0.25) is 5.02 Å². The zero-order valence-corrected chi connectivity index (χ0v) is 17.2. The van der Waals surface area contributed by atoms with Crippen molar-refractivity contribution in [3.63, 3.8) is 0 Å². The third kappa shape index (κ3) is 4.42. The number of rotatable bonds is 6. The number of ether oxygens (including phenoxy) is 3. The molecule has 0 aliphatic carbocycles. The summed E-state index contributed by atoms with van der Waals surface area (Å²) in [5, 5.41) is 0.819. The number of anilines is 1. The van der Waals surface area contributed by atoms with Crippen molar-refractivity contribution in [2.75, 3.05) is 52.4 Å². The molecule has 2 aromatic rings. The van der Waals surface area contributed by atoms with Crippen LogP contribution in [0.25, 0.3) is 0 Å². The van der Waals surface area contributed by atoms with Gasteiger partial charge in [0.15, 0.2) is 11.5 Å². The summed E-state index contributed by atoms with van der Waals surface area (Å²) in [6.45, 7) is 6.88. The summed E-state index contributed by atoms with van der Waals surface area (Å²) in [5.41, 5.74) is 3.51. The highest BCUT2D eigenvalue weighted by molar-refractivity contribution is 6.31. The standard InChI is InChI=1S/C21H27ClN2O3/c1-15-11-17(5-6-18(15)22)24-9-7-23(8-10-24)14-16-12-19(25-2)21(27-4)20(13-16)26-3/h5-6,11-13H,7-10,14H2,1-4H3. The molecule has 1 fully saturated rings. The molecule has 27 heavy (non-hydrogen) atoms. The van der Waals surface area contributed by atoms with E-state index < -0.39 is 0 Å². The van der Waals surface area contributed by atoms with E-state index in [9.17, 15) is 0 Å². The monoisotopic (exact) mass is 390 g/mol. The minimum absolute atomic E-state index is 0.631. The van der Waals surface area contributed by atoms with Gasteiger partial charge in [-0.15, -0.1) is 0 Å². The van der Waals surface area contributed by atoms with Crippen LogP contribution in [0, 0.1) is 6.92 Å². The summed E-state index contributed by atoms with van der Waals surface area (Å²) < 4.78 is 16.3. The molecule has 0 amide bonds. The molecule has 0 aromatic heterocycles. The van der Waals surface area contributed by atoms with Gasteiger partial charge in [-0.1, -0.05) is 11.6 Å². The summed E-state index contributed by atoms with van der Waals surface area (Å²) in [4.78, 5) is 4.86. The number of methoxy groups -OCH3 is 3. The van der Waals surface area contributed by atoms with Crippen molar-refractivity contribution in [3.8, 4) is 17.2 Å². The Kier molecular flexibility index (Phi) is 6.34. The zero-order chi connectivity index (χ0) is 19.4. The van der Waals surface area contributed by atoms with E-state index in [0.717, 1.165) is 48.9 Å². The van der Waals surface area contributed by atoms with Crippen LogP contribution in [-0.4, -0.2) is 52.4 Å². The first-order valence-corrected chi connectivity index (χ1v) is 9.46. The molecule has 0 unspecified atom stereocenters. The average molecular weight is 391 g/mol. The number of benzene rings is 2. The minimum atomic E-state index is 0.631. The fraction of sp³-hybridized carbons (Fsp3) is 0.429. The normalized spacial score (nSPS) is 14.9. The Hall–Kier alpha value is -2.11. The molecule has 1 aliphatic heterocycles. The van der Waals surface area contributed by atoms with Crippen molar-refractivity contribution in [2.24, 2.45) is 0 Å². The van der Waals surface area contributed by atoms with Gasteiger partial charge in [0.25, 0.3) is 0 Å². The molecule has 0 radical (unpaired) electrons. The van der Waals surface area contributed by atoms with E-state index in [1.165, 1.54) is 5.69 Å². The molecule has 3 rings (SSSR count). The van der Waals surface area contributed by atoms with Crippen LogP contribution in [0.3, 0.4) is 0 Å². The maximum atomic E-state index is 6.15. The lowest BCUT2D eigenvalue weighted by molar-refractivity contribution is 0.248. The van der Waals surface area contributed by atoms with Crippen LogP contribution in [0.1, 0.15) is 11.1 Å². The van der Waals surface area contributed by atoms with Crippen molar-refractivity contribution in [2.45, 2.75) is 13.5 Å². The van der Waals surface area contributed by atoms with Crippen molar-refractivity contribution >= 4 is 17.3 Å². The van der Waals surface area contributed by atoms with E-state index in [4.69, 9.17) is 25.8 Å². The maximum absolute atomic E-state index is 6.15. The molecule has 0 atom stereocenters. The summed E-state index contributed by atoms with van der Waals surface area (Å²) in [7, 11) is 4.92. The largest absolute Gasteiger partial charge is 0.493 e. The van der Waals surface area contributed by atoms with Gasteiger partial charge in [-0.3, -0.25) is 4.90 Å². The molecule has 0 N–H and O–H groups in total. The number of hydrogen-bond acceptors (Lipinski definition) is 5. The van der Waals surface area contributed by atoms with Crippen LogP contribution in [0.4, 0.5) is 5.69 Å². The third-order valence-electron chi connectivity index (χ3n) is 5.01.